The Morgan fingerprint density at radius 3 is 3.00 bits per heavy atom. The predicted molar refractivity (Wildman–Crippen MR) is 69.3 cm³/mol. The van der Waals surface area contributed by atoms with E-state index >= 15 is 0 Å². The van der Waals surface area contributed by atoms with Gasteiger partial charge in [-0.15, -0.1) is 5.10 Å². The molecule has 0 fully saturated rings. The lowest BCUT2D eigenvalue weighted by Gasteiger charge is -2.06. The van der Waals surface area contributed by atoms with Crippen LogP contribution < -0.4 is 5.32 Å². The van der Waals surface area contributed by atoms with Crippen molar-refractivity contribution >= 4 is 5.69 Å². The SMILES string of the molecule is COCCNCc1nnnn1-c1cc(F)cc([N+](=O)[O-])c1. The van der Waals surface area contributed by atoms with Crippen molar-refractivity contribution in [2.45, 2.75) is 6.54 Å². The summed E-state index contributed by atoms with van der Waals surface area (Å²) in [5, 5.41) is 24.8. The highest BCUT2D eigenvalue weighted by Crippen LogP contribution is 2.19. The highest BCUT2D eigenvalue weighted by atomic mass is 19.1. The Labute approximate surface area is 118 Å². The van der Waals surface area contributed by atoms with Gasteiger partial charge in [-0.25, -0.2) is 4.39 Å². The molecule has 1 aromatic heterocycles. The van der Waals surface area contributed by atoms with Gasteiger partial charge in [0.25, 0.3) is 5.69 Å². The second-order valence-corrected chi connectivity index (χ2v) is 4.10. The van der Waals surface area contributed by atoms with Crippen LogP contribution in [0.15, 0.2) is 18.2 Å². The first-order chi connectivity index (χ1) is 10.1. The van der Waals surface area contributed by atoms with Crippen molar-refractivity contribution in [3.63, 3.8) is 0 Å². The molecule has 0 aliphatic rings. The lowest BCUT2D eigenvalue weighted by molar-refractivity contribution is -0.385. The van der Waals surface area contributed by atoms with Crippen LogP contribution in [-0.2, 0) is 11.3 Å². The molecule has 0 radical (unpaired) electrons. The van der Waals surface area contributed by atoms with Crippen molar-refractivity contribution in [2.75, 3.05) is 20.3 Å². The molecule has 0 saturated heterocycles. The molecule has 2 rings (SSSR count). The monoisotopic (exact) mass is 296 g/mol. The minimum atomic E-state index is -0.729. The molecule has 0 bridgehead atoms. The van der Waals surface area contributed by atoms with E-state index in [9.17, 15) is 14.5 Å². The van der Waals surface area contributed by atoms with E-state index in [1.165, 1.54) is 10.7 Å². The number of tetrazole rings is 1. The zero-order valence-electron chi connectivity index (χ0n) is 11.2. The Morgan fingerprint density at radius 2 is 2.29 bits per heavy atom. The van der Waals surface area contributed by atoms with Gasteiger partial charge in [-0.1, -0.05) is 0 Å². The maximum atomic E-state index is 13.4. The molecule has 0 aliphatic heterocycles. The fourth-order valence-corrected chi connectivity index (χ4v) is 1.68. The average Bonchev–Trinajstić information content (AvgIpc) is 2.91. The second kappa shape index (κ2) is 6.81. The topological polar surface area (TPSA) is 108 Å². The van der Waals surface area contributed by atoms with Crippen molar-refractivity contribution < 1.29 is 14.1 Å². The van der Waals surface area contributed by atoms with Crippen LogP contribution in [0.4, 0.5) is 10.1 Å². The average molecular weight is 296 g/mol. The predicted octanol–water partition coefficient (Wildman–Crippen LogP) is 0.446. The van der Waals surface area contributed by atoms with E-state index in [2.05, 4.69) is 20.8 Å². The van der Waals surface area contributed by atoms with E-state index in [1.54, 1.807) is 7.11 Å². The molecule has 0 amide bonds. The van der Waals surface area contributed by atoms with Crippen LogP contribution in [-0.4, -0.2) is 45.4 Å². The van der Waals surface area contributed by atoms with Gasteiger partial charge in [0.2, 0.25) is 0 Å². The van der Waals surface area contributed by atoms with E-state index in [0.29, 0.717) is 25.5 Å². The maximum absolute atomic E-state index is 13.4. The van der Waals surface area contributed by atoms with Gasteiger partial charge < -0.3 is 10.1 Å². The Morgan fingerprint density at radius 1 is 1.48 bits per heavy atom. The molecular formula is C11H13FN6O3. The molecule has 1 heterocycles. The van der Waals surface area contributed by atoms with Crippen LogP contribution in [0.3, 0.4) is 0 Å². The highest BCUT2D eigenvalue weighted by Gasteiger charge is 2.14. The fourth-order valence-electron chi connectivity index (χ4n) is 1.68. The molecule has 0 spiro atoms. The van der Waals surface area contributed by atoms with Crippen molar-refractivity contribution in [1.29, 1.82) is 0 Å². The molecule has 112 valence electrons. The number of ether oxygens (including phenoxy) is 1. The summed E-state index contributed by atoms with van der Waals surface area (Å²) in [4.78, 5) is 10.1. The molecule has 0 atom stereocenters. The van der Waals surface area contributed by atoms with Crippen LogP contribution in [0.1, 0.15) is 5.82 Å². The number of methoxy groups -OCH3 is 1. The lowest BCUT2D eigenvalue weighted by atomic mass is 10.2. The Bertz CT molecular complexity index is 632. The molecule has 21 heavy (non-hydrogen) atoms. The largest absolute Gasteiger partial charge is 0.383 e. The number of nitrogens with one attached hydrogen (secondary N) is 1. The number of nitro groups is 1. The van der Waals surface area contributed by atoms with Crippen LogP contribution in [0, 0.1) is 15.9 Å². The minimum absolute atomic E-state index is 0.190. The van der Waals surface area contributed by atoms with Crippen LogP contribution in [0.2, 0.25) is 0 Å². The summed E-state index contributed by atoms with van der Waals surface area (Å²) in [5.74, 6) is -0.320. The summed E-state index contributed by atoms with van der Waals surface area (Å²) in [6, 6.07) is 3.17. The van der Waals surface area contributed by atoms with E-state index < -0.39 is 10.7 Å². The molecule has 9 nitrogen and oxygen atoms in total. The number of aromatic nitrogens is 4. The first kappa shape index (κ1) is 14.9. The number of rotatable bonds is 7. The fraction of sp³-hybridized carbons (Fsp3) is 0.364. The summed E-state index contributed by atoms with van der Waals surface area (Å²) in [6.07, 6.45) is 0. The van der Waals surface area contributed by atoms with Crippen molar-refractivity contribution in [3.05, 3.63) is 40.0 Å². The summed E-state index contributed by atoms with van der Waals surface area (Å²) in [5.41, 5.74) is -0.172. The number of hydrogen-bond acceptors (Lipinski definition) is 7. The first-order valence-electron chi connectivity index (χ1n) is 6.04. The lowest BCUT2D eigenvalue weighted by Crippen LogP contribution is -2.21. The molecule has 10 heteroatoms. The van der Waals surface area contributed by atoms with Crippen LogP contribution >= 0.6 is 0 Å². The highest BCUT2D eigenvalue weighted by molar-refractivity contribution is 5.43. The van der Waals surface area contributed by atoms with Gasteiger partial charge in [-0.3, -0.25) is 10.1 Å². The normalized spacial score (nSPS) is 10.8. The number of halogens is 1. The molecule has 0 unspecified atom stereocenters. The molecule has 1 aromatic carbocycles. The van der Waals surface area contributed by atoms with Gasteiger partial charge in [0.1, 0.15) is 5.82 Å². The third-order valence-corrected chi connectivity index (χ3v) is 2.62. The maximum Gasteiger partial charge on any atom is 0.274 e. The standard InChI is InChI=1S/C11H13FN6O3/c1-21-3-2-13-7-11-14-15-16-17(11)9-4-8(12)5-10(6-9)18(19)20/h4-6,13H,2-3,7H2,1H3. The zero-order valence-corrected chi connectivity index (χ0v) is 11.2. The van der Waals surface area contributed by atoms with Crippen molar-refractivity contribution in [1.82, 2.24) is 25.5 Å². The molecule has 1 N–H and O–H groups in total. The number of hydrogen-bond donors (Lipinski definition) is 1. The minimum Gasteiger partial charge on any atom is -0.383 e. The quantitative estimate of drug-likeness (QED) is 0.449. The van der Waals surface area contributed by atoms with Gasteiger partial charge in [0.15, 0.2) is 5.82 Å². The Hall–Kier alpha value is -2.46. The molecular weight excluding hydrogens is 283 g/mol. The van der Waals surface area contributed by atoms with Gasteiger partial charge in [-0.05, 0) is 10.4 Å². The van der Waals surface area contributed by atoms with E-state index in [1.807, 2.05) is 0 Å². The molecule has 0 saturated carbocycles. The second-order valence-electron chi connectivity index (χ2n) is 4.10. The van der Waals surface area contributed by atoms with E-state index in [-0.39, 0.29) is 11.4 Å². The van der Waals surface area contributed by atoms with Crippen molar-refractivity contribution in [2.24, 2.45) is 0 Å². The summed E-state index contributed by atoms with van der Waals surface area (Å²) in [7, 11) is 1.58. The van der Waals surface area contributed by atoms with Gasteiger partial charge in [-0.2, -0.15) is 4.68 Å². The summed E-state index contributed by atoms with van der Waals surface area (Å²) >= 11 is 0. The first-order valence-corrected chi connectivity index (χ1v) is 6.04. The number of nitrogens with zero attached hydrogens (tertiary/aromatic N) is 5. The van der Waals surface area contributed by atoms with E-state index in [0.717, 1.165) is 12.1 Å². The van der Waals surface area contributed by atoms with E-state index in [4.69, 9.17) is 4.74 Å². The molecule has 0 aliphatic carbocycles. The van der Waals surface area contributed by atoms with Gasteiger partial charge in [0.05, 0.1) is 29.8 Å². The van der Waals surface area contributed by atoms with Crippen LogP contribution in [0.5, 0.6) is 0 Å². The Balaban J connectivity index is 2.22. The van der Waals surface area contributed by atoms with Gasteiger partial charge in [0, 0.05) is 25.8 Å². The Kier molecular flexibility index (Phi) is 4.85. The smallest absolute Gasteiger partial charge is 0.274 e. The summed E-state index contributed by atoms with van der Waals surface area (Å²) < 4.78 is 19.6. The van der Waals surface area contributed by atoms with Crippen molar-refractivity contribution in [3.8, 4) is 5.69 Å². The third kappa shape index (κ3) is 3.77. The number of non-ortho nitro benzene ring substituents is 1. The zero-order chi connectivity index (χ0) is 15.2. The third-order valence-electron chi connectivity index (χ3n) is 2.62. The summed E-state index contributed by atoms with van der Waals surface area (Å²) in [6.45, 7) is 1.43. The van der Waals surface area contributed by atoms with Gasteiger partial charge >= 0.3 is 0 Å². The number of nitro benzene ring substituents is 1. The number of benzene rings is 1. The molecule has 2 aromatic rings. The van der Waals surface area contributed by atoms with Crippen LogP contribution in [0.25, 0.3) is 5.69 Å².